The SMILES string of the molecule is O=C1c2ccccc2C(=O)N1c1ccc(C(c2ccc(N3C(=O)c4ccccc4C3=O)c(O)c2)(C(F)(F)F)C(F)(F)F)cc1O. The van der Waals surface area contributed by atoms with Gasteiger partial charge in [0.25, 0.3) is 23.6 Å². The molecule has 2 aliphatic rings. The van der Waals surface area contributed by atoms with Gasteiger partial charge in [-0.25, -0.2) is 9.80 Å². The molecule has 8 nitrogen and oxygen atoms in total. The van der Waals surface area contributed by atoms with Crippen LogP contribution < -0.4 is 9.80 Å². The molecule has 0 radical (unpaired) electrons. The predicted molar refractivity (Wildman–Crippen MR) is 144 cm³/mol. The third-order valence-electron chi connectivity index (χ3n) is 7.74. The molecule has 6 rings (SSSR count). The number of anilines is 2. The van der Waals surface area contributed by atoms with E-state index in [4.69, 9.17) is 0 Å². The van der Waals surface area contributed by atoms with Gasteiger partial charge in [-0.3, -0.25) is 19.2 Å². The number of hydrogen-bond donors (Lipinski definition) is 2. The number of imide groups is 2. The van der Waals surface area contributed by atoms with E-state index in [1.54, 1.807) is 0 Å². The third-order valence-corrected chi connectivity index (χ3v) is 7.74. The molecule has 4 aromatic rings. The van der Waals surface area contributed by atoms with Crippen molar-refractivity contribution in [2.75, 3.05) is 9.80 Å². The first-order valence-electron chi connectivity index (χ1n) is 12.9. The predicted octanol–water partition coefficient (Wildman–Crippen LogP) is 6.11. The molecular formula is C31H16F6N2O6. The van der Waals surface area contributed by atoms with Crippen LogP contribution in [0.25, 0.3) is 0 Å². The van der Waals surface area contributed by atoms with Gasteiger partial charge in [0, 0.05) is 0 Å². The Bertz CT molecular complexity index is 1760. The lowest BCUT2D eigenvalue weighted by Crippen LogP contribution is -2.54. The Balaban J connectivity index is 1.48. The van der Waals surface area contributed by atoms with E-state index >= 15 is 0 Å². The summed E-state index contributed by atoms with van der Waals surface area (Å²) < 4.78 is 88.8. The van der Waals surface area contributed by atoms with Crippen LogP contribution in [0.15, 0.2) is 84.9 Å². The molecule has 4 amide bonds. The molecule has 0 bridgehead atoms. The fourth-order valence-corrected chi connectivity index (χ4v) is 5.69. The van der Waals surface area contributed by atoms with Gasteiger partial charge in [-0.05, 0) is 59.7 Å². The van der Waals surface area contributed by atoms with Gasteiger partial charge in [-0.2, -0.15) is 26.3 Å². The lowest BCUT2D eigenvalue weighted by molar-refractivity contribution is -0.288. The van der Waals surface area contributed by atoms with Crippen LogP contribution in [0.5, 0.6) is 11.5 Å². The highest BCUT2D eigenvalue weighted by Gasteiger charge is 2.72. The van der Waals surface area contributed by atoms with Gasteiger partial charge >= 0.3 is 12.4 Å². The molecule has 0 aromatic heterocycles. The lowest BCUT2D eigenvalue weighted by atomic mass is 9.72. The average molecular weight is 626 g/mol. The maximum atomic E-state index is 14.8. The molecule has 0 atom stereocenters. The van der Waals surface area contributed by atoms with E-state index in [0.717, 1.165) is 0 Å². The Hall–Kier alpha value is -5.66. The quantitative estimate of drug-likeness (QED) is 0.209. The molecule has 14 heteroatoms. The van der Waals surface area contributed by atoms with Crippen molar-refractivity contribution in [1.29, 1.82) is 0 Å². The minimum absolute atomic E-state index is 0.0838. The molecular weight excluding hydrogens is 610 g/mol. The Labute approximate surface area is 248 Å². The number of hydrogen-bond acceptors (Lipinski definition) is 6. The summed E-state index contributed by atoms with van der Waals surface area (Å²) in [5, 5.41) is 21.4. The standard InChI is InChI=1S/C31H16F6N2O6/c32-30(33,34)29(31(35,36)37,15-9-11-21(23(40)13-15)38-25(42)17-5-1-2-6-18(17)26(38)43)16-10-12-22(24(41)14-16)39-27(44)19-7-3-4-8-20(19)28(39)45/h1-14,40-41H. The maximum absolute atomic E-state index is 14.8. The number of amides is 4. The van der Waals surface area contributed by atoms with Crippen LogP contribution in [0.3, 0.4) is 0 Å². The van der Waals surface area contributed by atoms with Crippen molar-refractivity contribution in [3.8, 4) is 11.5 Å². The molecule has 0 fully saturated rings. The zero-order valence-corrected chi connectivity index (χ0v) is 22.3. The first-order chi connectivity index (χ1) is 21.1. The molecule has 0 saturated carbocycles. The summed E-state index contributed by atoms with van der Waals surface area (Å²) in [4.78, 5) is 52.2. The molecule has 4 aromatic carbocycles. The van der Waals surface area contributed by atoms with Crippen molar-refractivity contribution >= 4 is 35.0 Å². The Morgan fingerprint density at radius 3 is 1.00 bits per heavy atom. The van der Waals surface area contributed by atoms with Crippen molar-refractivity contribution < 1.29 is 55.7 Å². The number of fused-ring (bicyclic) bond motifs is 2. The van der Waals surface area contributed by atoms with Crippen molar-refractivity contribution in [2.45, 2.75) is 17.8 Å². The van der Waals surface area contributed by atoms with E-state index in [2.05, 4.69) is 0 Å². The normalized spacial score (nSPS) is 15.2. The zero-order chi connectivity index (χ0) is 32.6. The number of nitrogens with zero attached hydrogens (tertiary/aromatic N) is 2. The minimum atomic E-state index is -6.15. The highest BCUT2D eigenvalue weighted by molar-refractivity contribution is 6.35. The second kappa shape index (κ2) is 9.67. The van der Waals surface area contributed by atoms with Crippen LogP contribution in [0.4, 0.5) is 37.7 Å². The first-order valence-corrected chi connectivity index (χ1v) is 12.9. The Morgan fingerprint density at radius 1 is 0.467 bits per heavy atom. The van der Waals surface area contributed by atoms with E-state index < -0.39 is 75.4 Å². The molecule has 0 unspecified atom stereocenters. The summed E-state index contributed by atoms with van der Waals surface area (Å²) in [6, 6.07) is 13.0. The second-order valence-corrected chi connectivity index (χ2v) is 10.1. The van der Waals surface area contributed by atoms with Crippen LogP contribution in [0.2, 0.25) is 0 Å². The zero-order valence-electron chi connectivity index (χ0n) is 22.3. The van der Waals surface area contributed by atoms with Crippen LogP contribution in [-0.2, 0) is 5.41 Å². The van der Waals surface area contributed by atoms with E-state index in [0.29, 0.717) is 34.1 Å². The number of carbonyl (C=O) groups is 4. The van der Waals surface area contributed by atoms with Crippen LogP contribution in [-0.4, -0.2) is 46.2 Å². The molecule has 0 saturated heterocycles. The molecule has 0 spiro atoms. The molecule has 228 valence electrons. The minimum Gasteiger partial charge on any atom is -0.506 e. The summed E-state index contributed by atoms with van der Waals surface area (Å²) in [7, 11) is 0. The van der Waals surface area contributed by atoms with Gasteiger partial charge in [0.2, 0.25) is 5.41 Å². The summed E-state index contributed by atoms with van der Waals surface area (Å²) in [5.74, 6) is -6.30. The topological polar surface area (TPSA) is 115 Å². The van der Waals surface area contributed by atoms with E-state index in [-0.39, 0.29) is 34.4 Å². The highest BCUT2D eigenvalue weighted by atomic mass is 19.4. The van der Waals surface area contributed by atoms with E-state index in [9.17, 15) is 55.7 Å². The third kappa shape index (κ3) is 4.01. The monoisotopic (exact) mass is 626 g/mol. The number of halogens is 6. The fourth-order valence-electron chi connectivity index (χ4n) is 5.69. The number of alkyl halides is 6. The summed E-state index contributed by atoms with van der Waals surface area (Å²) in [6.07, 6.45) is -12.3. The van der Waals surface area contributed by atoms with Crippen molar-refractivity contribution in [1.82, 2.24) is 0 Å². The maximum Gasteiger partial charge on any atom is 0.411 e. The molecule has 2 aliphatic heterocycles. The fraction of sp³-hybridized carbons (Fsp3) is 0.0968. The van der Waals surface area contributed by atoms with Gasteiger partial charge in [-0.1, -0.05) is 36.4 Å². The van der Waals surface area contributed by atoms with Gasteiger partial charge in [0.15, 0.2) is 0 Å². The summed E-state index contributed by atoms with van der Waals surface area (Å²) in [6.45, 7) is 0. The molecule has 2 N–H and O–H groups in total. The van der Waals surface area contributed by atoms with Crippen molar-refractivity contribution in [2.24, 2.45) is 0 Å². The summed E-state index contributed by atoms with van der Waals surface area (Å²) >= 11 is 0. The smallest absolute Gasteiger partial charge is 0.411 e. The summed E-state index contributed by atoms with van der Waals surface area (Å²) in [5.41, 5.74) is -9.66. The lowest BCUT2D eigenvalue weighted by Gasteiger charge is -2.38. The van der Waals surface area contributed by atoms with Gasteiger partial charge in [-0.15, -0.1) is 0 Å². The van der Waals surface area contributed by atoms with E-state index in [1.165, 1.54) is 48.5 Å². The first kappa shape index (κ1) is 29.4. The van der Waals surface area contributed by atoms with Gasteiger partial charge in [0.05, 0.1) is 33.6 Å². The largest absolute Gasteiger partial charge is 0.506 e. The number of phenolic OH excluding ortho intramolecular Hbond substituents is 2. The Kier molecular flexibility index (Phi) is 6.32. The average Bonchev–Trinajstić information content (AvgIpc) is 3.37. The van der Waals surface area contributed by atoms with Crippen LogP contribution in [0.1, 0.15) is 52.6 Å². The highest BCUT2D eigenvalue weighted by Crippen LogP contribution is 2.58. The van der Waals surface area contributed by atoms with Crippen LogP contribution in [0, 0.1) is 0 Å². The molecule has 45 heavy (non-hydrogen) atoms. The number of carbonyl (C=O) groups excluding carboxylic acids is 4. The van der Waals surface area contributed by atoms with Gasteiger partial charge in [0.1, 0.15) is 11.5 Å². The number of benzene rings is 4. The van der Waals surface area contributed by atoms with Crippen molar-refractivity contribution in [3.63, 3.8) is 0 Å². The number of rotatable bonds is 4. The molecule has 2 heterocycles. The number of aromatic hydroxyl groups is 2. The van der Waals surface area contributed by atoms with Crippen molar-refractivity contribution in [3.05, 3.63) is 118 Å². The second-order valence-electron chi connectivity index (χ2n) is 10.1. The Morgan fingerprint density at radius 2 is 0.756 bits per heavy atom. The van der Waals surface area contributed by atoms with Gasteiger partial charge < -0.3 is 10.2 Å². The number of phenols is 2. The van der Waals surface area contributed by atoms with Crippen LogP contribution >= 0.6 is 0 Å². The molecule has 0 aliphatic carbocycles. The van der Waals surface area contributed by atoms with E-state index in [1.807, 2.05) is 0 Å².